The van der Waals surface area contributed by atoms with Crippen molar-refractivity contribution < 1.29 is 28.2 Å². The van der Waals surface area contributed by atoms with Gasteiger partial charge in [-0.05, 0) is 55.7 Å². The second-order valence-corrected chi connectivity index (χ2v) is 17.4. The normalized spacial score (nSPS) is 30.4. The predicted molar refractivity (Wildman–Crippen MR) is 148 cm³/mol. The number of esters is 1. The smallest absolute Gasteiger partial charge is 0.338 e. The largest absolute Gasteiger partial charge is 0.452 e. The maximum Gasteiger partial charge on any atom is 0.338 e. The van der Waals surface area contributed by atoms with Gasteiger partial charge in [0.25, 0.3) is 0 Å². The van der Waals surface area contributed by atoms with Crippen LogP contribution in [-0.4, -0.2) is 56.5 Å². The van der Waals surface area contributed by atoms with Gasteiger partial charge in [0.15, 0.2) is 20.2 Å². The summed E-state index contributed by atoms with van der Waals surface area (Å²) in [6.07, 6.45) is -1.19. The molecular weight excluding hydrogens is 504 g/mol. The molecule has 2 aromatic rings. The first kappa shape index (κ1) is 28.3. The van der Waals surface area contributed by atoms with Crippen LogP contribution in [0.25, 0.3) is 0 Å². The van der Waals surface area contributed by atoms with E-state index in [0.29, 0.717) is 12.2 Å². The molecule has 2 saturated heterocycles. The number of rotatable bonds is 8. The molecule has 6 nitrogen and oxygen atoms in total. The Morgan fingerprint density at radius 2 is 1.68 bits per heavy atom. The Labute approximate surface area is 226 Å². The number of hydrogen-bond acceptors (Lipinski definition) is 7. The van der Waals surface area contributed by atoms with Gasteiger partial charge >= 0.3 is 5.97 Å². The predicted octanol–water partition coefficient (Wildman–Crippen LogP) is 6.66. The Bertz CT molecular complexity index is 1040. The van der Waals surface area contributed by atoms with Crippen molar-refractivity contribution in [1.82, 2.24) is 0 Å². The van der Waals surface area contributed by atoms with Crippen molar-refractivity contribution in [3.05, 3.63) is 66.2 Å². The van der Waals surface area contributed by atoms with Crippen LogP contribution < -0.4 is 0 Å². The Hall–Kier alpha value is -1.68. The third-order valence-corrected chi connectivity index (χ3v) is 13.3. The number of carbonyl (C=O) groups is 1. The summed E-state index contributed by atoms with van der Waals surface area (Å²) in [5.41, 5.74) is 0.0337. The van der Waals surface area contributed by atoms with Crippen LogP contribution in [0.1, 0.15) is 51.4 Å². The summed E-state index contributed by atoms with van der Waals surface area (Å²) in [7, 11) is -2.28. The van der Waals surface area contributed by atoms with Crippen LogP contribution in [0.4, 0.5) is 0 Å². The van der Waals surface area contributed by atoms with Gasteiger partial charge in [-0.2, -0.15) is 0 Å². The molecule has 2 aromatic carbocycles. The van der Waals surface area contributed by atoms with Gasteiger partial charge in [-0.3, -0.25) is 0 Å². The van der Waals surface area contributed by atoms with Crippen LogP contribution >= 0.6 is 11.8 Å². The highest BCUT2D eigenvalue weighted by molar-refractivity contribution is 7.99. The molecular formula is C29H40O6SSi. The molecule has 2 heterocycles. The summed E-state index contributed by atoms with van der Waals surface area (Å²) in [6, 6.07) is 19.1. The van der Waals surface area contributed by atoms with E-state index in [1.165, 1.54) is 0 Å². The van der Waals surface area contributed by atoms with Crippen LogP contribution in [-0.2, 0) is 23.4 Å². The minimum absolute atomic E-state index is 0.0405. The summed E-state index contributed by atoms with van der Waals surface area (Å²) in [6.45, 7) is 15.4. The Kier molecular flexibility index (Phi) is 8.58. The molecule has 0 radical (unpaired) electrons. The van der Waals surface area contributed by atoms with Crippen molar-refractivity contribution >= 4 is 26.0 Å². The van der Waals surface area contributed by atoms with E-state index in [9.17, 15) is 4.79 Å². The number of thioether (sulfide) groups is 1. The third kappa shape index (κ3) is 6.49. The molecule has 8 heteroatoms. The van der Waals surface area contributed by atoms with Crippen LogP contribution in [0, 0.1) is 0 Å². The highest BCUT2D eigenvalue weighted by atomic mass is 32.2. The average Bonchev–Trinajstić information content (AvgIpc) is 3.40. The molecule has 2 aliphatic heterocycles. The molecule has 2 fully saturated rings. The van der Waals surface area contributed by atoms with Gasteiger partial charge in [-0.15, -0.1) is 0 Å². The van der Waals surface area contributed by atoms with Crippen LogP contribution in [0.3, 0.4) is 0 Å². The number of carbonyl (C=O) groups excluding carboxylic acids is 1. The first-order valence-corrected chi connectivity index (χ1v) is 16.8. The third-order valence-electron chi connectivity index (χ3n) is 7.65. The van der Waals surface area contributed by atoms with Crippen molar-refractivity contribution in [3.63, 3.8) is 0 Å². The topological polar surface area (TPSA) is 63.2 Å². The molecule has 0 amide bonds. The highest BCUT2D eigenvalue weighted by Gasteiger charge is 2.57. The summed E-state index contributed by atoms with van der Waals surface area (Å²) >= 11 is 1.54. The van der Waals surface area contributed by atoms with Crippen LogP contribution in [0.15, 0.2) is 65.6 Å². The SMILES string of the molecule is CCC1(C)OC[C@@H]([C@@H]2O[C@@H](Sc3ccccc3)C(OC(=O)c3ccccc3)C2O[Si](C)(C)C(C)(C)C)O1. The zero-order valence-electron chi connectivity index (χ0n) is 22.9. The summed E-state index contributed by atoms with van der Waals surface area (Å²) in [5.74, 6) is -1.06. The minimum Gasteiger partial charge on any atom is -0.452 e. The quantitative estimate of drug-likeness (QED) is 0.272. The van der Waals surface area contributed by atoms with E-state index in [4.69, 9.17) is 23.4 Å². The van der Waals surface area contributed by atoms with Gasteiger partial charge in [0.1, 0.15) is 23.7 Å². The van der Waals surface area contributed by atoms with E-state index < -0.39 is 37.9 Å². The van der Waals surface area contributed by atoms with Gasteiger partial charge in [0.2, 0.25) is 0 Å². The molecule has 0 bridgehead atoms. The monoisotopic (exact) mass is 544 g/mol. The van der Waals surface area contributed by atoms with Crippen LogP contribution in [0.5, 0.6) is 0 Å². The fourth-order valence-corrected chi connectivity index (χ4v) is 6.63. The standard InChI is InChI=1S/C29H40O6SSi/c1-8-29(5)31-19-22(34-29)23-24(35-37(6,7)28(2,3)4)25(32-26(30)20-15-11-9-12-16-20)27(33-23)36-21-17-13-10-14-18-21/h9-18,22-25,27H,8,19H2,1-7H3/t22-,23-,24?,25?,27-,29?/m0/s1. The maximum absolute atomic E-state index is 13.3. The van der Waals surface area contributed by atoms with Crippen molar-refractivity contribution in [3.8, 4) is 0 Å². The molecule has 2 aliphatic rings. The van der Waals surface area contributed by atoms with Crippen molar-refractivity contribution in [1.29, 1.82) is 0 Å². The van der Waals surface area contributed by atoms with E-state index >= 15 is 0 Å². The molecule has 37 heavy (non-hydrogen) atoms. The average molecular weight is 545 g/mol. The molecule has 3 unspecified atom stereocenters. The summed E-state index contributed by atoms with van der Waals surface area (Å²) in [4.78, 5) is 14.3. The molecule has 0 saturated carbocycles. The Balaban J connectivity index is 1.69. The summed E-state index contributed by atoms with van der Waals surface area (Å²) < 4.78 is 32.3. The first-order valence-electron chi connectivity index (χ1n) is 13.1. The molecule has 4 rings (SSSR count). The van der Waals surface area contributed by atoms with E-state index in [0.717, 1.165) is 11.3 Å². The first-order chi connectivity index (χ1) is 17.4. The molecule has 0 N–H and O–H groups in total. The van der Waals surface area contributed by atoms with E-state index in [-0.39, 0.29) is 17.1 Å². The Morgan fingerprint density at radius 3 is 2.24 bits per heavy atom. The molecule has 0 spiro atoms. The Morgan fingerprint density at radius 1 is 1.05 bits per heavy atom. The lowest BCUT2D eigenvalue weighted by Gasteiger charge is -2.41. The summed E-state index contributed by atoms with van der Waals surface area (Å²) in [5, 5.41) is -0.0405. The lowest BCUT2D eigenvalue weighted by molar-refractivity contribution is -0.172. The van der Waals surface area contributed by atoms with E-state index in [2.05, 4.69) is 33.9 Å². The molecule has 202 valence electrons. The zero-order valence-corrected chi connectivity index (χ0v) is 24.7. The minimum atomic E-state index is -2.28. The van der Waals surface area contributed by atoms with E-state index in [1.807, 2.05) is 62.4 Å². The lowest BCUT2D eigenvalue weighted by Crippen LogP contribution is -2.52. The molecule has 0 aromatic heterocycles. The maximum atomic E-state index is 13.3. The van der Waals surface area contributed by atoms with E-state index in [1.54, 1.807) is 23.9 Å². The fourth-order valence-electron chi connectivity index (χ4n) is 4.21. The lowest BCUT2D eigenvalue weighted by atomic mass is 10.1. The second-order valence-electron chi connectivity index (χ2n) is 11.4. The zero-order chi connectivity index (χ0) is 26.8. The number of ether oxygens (including phenoxy) is 4. The van der Waals surface area contributed by atoms with Gasteiger partial charge in [-0.25, -0.2) is 4.79 Å². The second kappa shape index (κ2) is 11.2. The van der Waals surface area contributed by atoms with Crippen LogP contribution in [0.2, 0.25) is 18.1 Å². The van der Waals surface area contributed by atoms with Gasteiger partial charge in [0, 0.05) is 4.90 Å². The van der Waals surface area contributed by atoms with Gasteiger partial charge in [-0.1, -0.05) is 75.9 Å². The van der Waals surface area contributed by atoms with Gasteiger partial charge < -0.3 is 23.4 Å². The molecule has 0 aliphatic carbocycles. The van der Waals surface area contributed by atoms with Crippen molar-refractivity contribution in [2.75, 3.05) is 6.61 Å². The van der Waals surface area contributed by atoms with Crippen molar-refractivity contribution in [2.45, 2.75) is 99.7 Å². The van der Waals surface area contributed by atoms with Gasteiger partial charge in [0.05, 0.1) is 12.2 Å². The van der Waals surface area contributed by atoms with Crippen molar-refractivity contribution in [2.24, 2.45) is 0 Å². The number of benzene rings is 2. The molecule has 6 atom stereocenters. The highest BCUT2D eigenvalue weighted by Crippen LogP contribution is 2.45. The fraction of sp³-hybridized carbons (Fsp3) is 0.552. The number of hydrogen-bond donors (Lipinski definition) is 0.